The molecule has 0 spiro atoms. The third kappa shape index (κ3) is 9.48. The Hall–Kier alpha value is -2.53. The lowest BCUT2D eigenvalue weighted by atomic mass is 10.1. The molecule has 0 fully saturated rings. The van der Waals surface area contributed by atoms with Gasteiger partial charge in [-0.2, -0.15) is 5.10 Å². The lowest BCUT2D eigenvalue weighted by Crippen LogP contribution is -2.24. The van der Waals surface area contributed by atoms with Gasteiger partial charge >= 0.3 is 0 Å². The topological polar surface area (TPSA) is 59.9 Å². The molecular formula is C23H29ClN2O3. The fourth-order valence-corrected chi connectivity index (χ4v) is 2.79. The monoisotopic (exact) mass is 416 g/mol. The number of nitrogens with one attached hydrogen (secondary N) is 1. The maximum Gasteiger partial charge on any atom is 0.277 e. The van der Waals surface area contributed by atoms with Crippen molar-refractivity contribution < 1.29 is 14.3 Å². The number of benzene rings is 2. The van der Waals surface area contributed by atoms with E-state index in [9.17, 15) is 4.79 Å². The van der Waals surface area contributed by atoms with Crippen LogP contribution in [0.25, 0.3) is 0 Å². The molecule has 0 aromatic heterocycles. The van der Waals surface area contributed by atoms with Crippen LogP contribution >= 0.6 is 11.6 Å². The van der Waals surface area contributed by atoms with Crippen molar-refractivity contribution in [2.45, 2.75) is 45.4 Å². The Labute approximate surface area is 178 Å². The number of unbranched alkanes of at least 4 members (excludes halogenated alkanes) is 5. The zero-order chi connectivity index (χ0) is 20.7. The van der Waals surface area contributed by atoms with Crippen LogP contribution in [-0.4, -0.2) is 25.3 Å². The highest BCUT2D eigenvalue weighted by atomic mass is 35.5. The summed E-state index contributed by atoms with van der Waals surface area (Å²) >= 11 is 5.82. The Morgan fingerprint density at radius 2 is 1.72 bits per heavy atom. The molecule has 2 aromatic rings. The van der Waals surface area contributed by atoms with Crippen molar-refractivity contribution >= 4 is 23.7 Å². The molecule has 2 aromatic carbocycles. The smallest absolute Gasteiger partial charge is 0.277 e. The average molecular weight is 417 g/mol. The summed E-state index contributed by atoms with van der Waals surface area (Å²) in [5, 5.41) is 4.62. The number of ether oxygens (including phenoxy) is 2. The number of hydrogen-bond acceptors (Lipinski definition) is 4. The predicted octanol–water partition coefficient (Wildman–Crippen LogP) is 5.61. The van der Waals surface area contributed by atoms with Gasteiger partial charge in [-0.05, 0) is 42.8 Å². The number of amides is 1. The van der Waals surface area contributed by atoms with Crippen molar-refractivity contribution in [3.8, 4) is 11.5 Å². The number of carbonyl (C=O) groups excluding carboxylic acids is 1. The Balaban J connectivity index is 1.72. The molecule has 0 bridgehead atoms. The third-order valence-electron chi connectivity index (χ3n) is 4.25. The summed E-state index contributed by atoms with van der Waals surface area (Å²) in [5.74, 6) is 0.986. The first-order valence-electron chi connectivity index (χ1n) is 10.1. The van der Waals surface area contributed by atoms with E-state index in [0.29, 0.717) is 17.4 Å². The molecule has 0 aliphatic rings. The largest absolute Gasteiger partial charge is 0.493 e. The van der Waals surface area contributed by atoms with Gasteiger partial charge in [-0.1, -0.05) is 62.8 Å². The number of halogens is 1. The second kappa shape index (κ2) is 13.6. The molecule has 0 heterocycles. The van der Waals surface area contributed by atoms with E-state index in [-0.39, 0.29) is 12.5 Å². The molecule has 0 saturated carbocycles. The van der Waals surface area contributed by atoms with E-state index in [4.69, 9.17) is 21.1 Å². The molecule has 1 amide bonds. The first kappa shape index (κ1) is 22.8. The highest BCUT2D eigenvalue weighted by Gasteiger charge is 2.03. The Morgan fingerprint density at radius 3 is 2.52 bits per heavy atom. The maximum absolute atomic E-state index is 11.9. The second-order valence-electron chi connectivity index (χ2n) is 6.69. The number of carbonyl (C=O) groups is 1. The molecule has 0 unspecified atom stereocenters. The molecule has 29 heavy (non-hydrogen) atoms. The maximum atomic E-state index is 11.9. The normalized spacial score (nSPS) is 10.8. The molecule has 0 saturated heterocycles. The van der Waals surface area contributed by atoms with Crippen LogP contribution in [0.5, 0.6) is 11.5 Å². The Morgan fingerprint density at radius 1 is 1.00 bits per heavy atom. The van der Waals surface area contributed by atoms with Crippen LogP contribution in [0.3, 0.4) is 0 Å². The van der Waals surface area contributed by atoms with E-state index in [1.165, 1.54) is 32.1 Å². The summed E-state index contributed by atoms with van der Waals surface area (Å²) in [6, 6.07) is 14.5. The van der Waals surface area contributed by atoms with Crippen LogP contribution < -0.4 is 14.9 Å². The highest BCUT2D eigenvalue weighted by molar-refractivity contribution is 6.30. The standard InChI is InChI=1S/C23H29ClN2O3/c1-2-3-4-5-6-9-16-28-22-11-8-7-10-19(22)17-25-26-23(27)18-29-21-14-12-20(24)13-15-21/h7-8,10-15,17H,2-6,9,16,18H2,1H3,(H,26,27)/b25-17+. The summed E-state index contributed by atoms with van der Waals surface area (Å²) in [6.45, 7) is 2.77. The minimum absolute atomic E-state index is 0.130. The fraction of sp³-hybridized carbons (Fsp3) is 0.391. The molecule has 0 aliphatic heterocycles. The van der Waals surface area contributed by atoms with Gasteiger partial charge in [-0.15, -0.1) is 0 Å². The molecular weight excluding hydrogens is 388 g/mol. The van der Waals surface area contributed by atoms with Gasteiger partial charge in [0.05, 0.1) is 12.8 Å². The van der Waals surface area contributed by atoms with Crippen LogP contribution in [0.2, 0.25) is 5.02 Å². The number of rotatable bonds is 13. The number of nitrogens with zero attached hydrogens (tertiary/aromatic N) is 1. The Bertz CT molecular complexity index is 763. The summed E-state index contributed by atoms with van der Waals surface area (Å²) < 4.78 is 11.3. The van der Waals surface area contributed by atoms with E-state index in [2.05, 4.69) is 17.5 Å². The first-order chi connectivity index (χ1) is 14.2. The minimum atomic E-state index is -0.346. The predicted molar refractivity (Wildman–Crippen MR) is 118 cm³/mol. The van der Waals surface area contributed by atoms with Crippen LogP contribution in [0.4, 0.5) is 0 Å². The zero-order valence-corrected chi connectivity index (χ0v) is 17.7. The fourth-order valence-electron chi connectivity index (χ4n) is 2.67. The third-order valence-corrected chi connectivity index (χ3v) is 4.50. The zero-order valence-electron chi connectivity index (χ0n) is 16.9. The van der Waals surface area contributed by atoms with E-state index >= 15 is 0 Å². The lowest BCUT2D eigenvalue weighted by molar-refractivity contribution is -0.123. The molecule has 0 aliphatic carbocycles. The van der Waals surface area contributed by atoms with Crippen LogP contribution in [0, 0.1) is 0 Å². The number of para-hydroxylation sites is 1. The van der Waals surface area contributed by atoms with Crippen molar-refractivity contribution in [2.24, 2.45) is 5.10 Å². The van der Waals surface area contributed by atoms with Gasteiger partial charge in [0.2, 0.25) is 0 Å². The lowest BCUT2D eigenvalue weighted by Gasteiger charge is -2.09. The molecule has 2 rings (SSSR count). The number of hydrogen-bond donors (Lipinski definition) is 1. The SMILES string of the molecule is CCCCCCCCOc1ccccc1/C=N/NC(=O)COc1ccc(Cl)cc1. The van der Waals surface area contributed by atoms with Crippen molar-refractivity contribution in [1.82, 2.24) is 5.43 Å². The summed E-state index contributed by atoms with van der Waals surface area (Å²) in [4.78, 5) is 11.9. The molecule has 5 nitrogen and oxygen atoms in total. The first-order valence-corrected chi connectivity index (χ1v) is 10.5. The van der Waals surface area contributed by atoms with E-state index in [1.54, 1.807) is 30.5 Å². The summed E-state index contributed by atoms with van der Waals surface area (Å²) in [5.41, 5.74) is 3.28. The molecule has 0 atom stereocenters. The molecule has 156 valence electrons. The van der Waals surface area contributed by atoms with Gasteiger partial charge in [0.15, 0.2) is 6.61 Å². The van der Waals surface area contributed by atoms with Crippen molar-refractivity contribution in [2.75, 3.05) is 13.2 Å². The summed E-state index contributed by atoms with van der Waals surface area (Å²) in [7, 11) is 0. The van der Waals surface area contributed by atoms with Crippen molar-refractivity contribution in [1.29, 1.82) is 0 Å². The molecule has 6 heteroatoms. The molecule has 0 radical (unpaired) electrons. The van der Waals surface area contributed by atoms with Crippen LogP contribution in [-0.2, 0) is 4.79 Å². The van der Waals surface area contributed by atoms with Crippen molar-refractivity contribution in [3.05, 3.63) is 59.1 Å². The van der Waals surface area contributed by atoms with Gasteiger partial charge in [0.25, 0.3) is 5.91 Å². The quantitative estimate of drug-likeness (QED) is 0.262. The van der Waals surface area contributed by atoms with Gasteiger partial charge in [-0.25, -0.2) is 5.43 Å². The average Bonchev–Trinajstić information content (AvgIpc) is 2.73. The Kier molecular flexibility index (Phi) is 10.7. The van der Waals surface area contributed by atoms with E-state index in [1.807, 2.05) is 24.3 Å². The van der Waals surface area contributed by atoms with Crippen LogP contribution in [0.1, 0.15) is 51.0 Å². The van der Waals surface area contributed by atoms with Crippen LogP contribution in [0.15, 0.2) is 53.6 Å². The highest BCUT2D eigenvalue weighted by Crippen LogP contribution is 2.17. The van der Waals surface area contributed by atoms with E-state index < -0.39 is 0 Å². The van der Waals surface area contributed by atoms with Gasteiger partial charge in [0, 0.05) is 10.6 Å². The van der Waals surface area contributed by atoms with Crippen molar-refractivity contribution in [3.63, 3.8) is 0 Å². The summed E-state index contributed by atoms with van der Waals surface area (Å²) in [6.07, 6.45) is 8.90. The molecule has 1 N–H and O–H groups in total. The van der Waals surface area contributed by atoms with E-state index in [0.717, 1.165) is 17.7 Å². The second-order valence-corrected chi connectivity index (χ2v) is 7.13. The number of hydrazone groups is 1. The van der Waals surface area contributed by atoms with Gasteiger partial charge < -0.3 is 9.47 Å². The minimum Gasteiger partial charge on any atom is -0.493 e. The van der Waals surface area contributed by atoms with Gasteiger partial charge in [-0.3, -0.25) is 4.79 Å². The van der Waals surface area contributed by atoms with Gasteiger partial charge in [0.1, 0.15) is 11.5 Å².